The van der Waals surface area contributed by atoms with Gasteiger partial charge in [0.1, 0.15) is 17.7 Å². The largest absolute Gasteiger partial charge is 0.508 e. The molecule has 5 heteroatoms. The van der Waals surface area contributed by atoms with Crippen molar-refractivity contribution >= 4 is 6.09 Å². The lowest BCUT2D eigenvalue weighted by atomic mass is 10.1. The molecule has 0 radical (unpaired) electrons. The van der Waals surface area contributed by atoms with Crippen molar-refractivity contribution in [1.82, 2.24) is 0 Å². The Kier molecular flexibility index (Phi) is 2.22. The molecule has 1 aliphatic carbocycles. The Bertz CT molecular complexity index is 419. The molecule has 0 saturated heterocycles. The molecule has 4 nitrogen and oxygen atoms in total. The molecule has 2 rings (SSSR count). The third-order valence-corrected chi connectivity index (χ3v) is 2.51. The molecule has 0 fully saturated rings. The van der Waals surface area contributed by atoms with Gasteiger partial charge in [-0.25, -0.2) is 9.18 Å². The van der Waals surface area contributed by atoms with Gasteiger partial charge in [-0.3, -0.25) is 0 Å². The Morgan fingerprint density at radius 2 is 2.33 bits per heavy atom. The third-order valence-electron chi connectivity index (χ3n) is 2.51. The second-order valence-corrected chi connectivity index (χ2v) is 3.42. The van der Waals surface area contributed by atoms with Crippen LogP contribution in [0.5, 0.6) is 5.75 Å². The molecule has 1 aliphatic rings. The fourth-order valence-corrected chi connectivity index (χ4v) is 1.92. The van der Waals surface area contributed by atoms with Crippen LogP contribution in [0, 0.1) is 5.82 Å². The van der Waals surface area contributed by atoms with E-state index in [0.29, 0.717) is 24.0 Å². The minimum absolute atomic E-state index is 0.0600. The van der Waals surface area contributed by atoms with E-state index in [9.17, 15) is 14.3 Å². The van der Waals surface area contributed by atoms with Crippen LogP contribution in [0.4, 0.5) is 9.18 Å². The second kappa shape index (κ2) is 3.42. The number of phenols is 1. The van der Waals surface area contributed by atoms with Crippen LogP contribution in [0.25, 0.3) is 0 Å². The molecule has 0 heterocycles. The highest BCUT2D eigenvalue weighted by Crippen LogP contribution is 2.40. The van der Waals surface area contributed by atoms with Crippen molar-refractivity contribution in [3.05, 3.63) is 29.1 Å². The number of carbonyl (C=O) groups excluding carboxylic acids is 1. The predicted octanol–water partition coefficient (Wildman–Crippen LogP) is 1.61. The SMILES string of the molecule is NC(=O)OC1CCc2c(F)ccc(O)c21. The van der Waals surface area contributed by atoms with E-state index in [1.165, 1.54) is 12.1 Å². The summed E-state index contributed by atoms with van der Waals surface area (Å²) in [5.41, 5.74) is 5.63. The number of carbonyl (C=O) groups is 1. The Hall–Kier alpha value is -1.78. The van der Waals surface area contributed by atoms with Gasteiger partial charge in [0.05, 0.1) is 0 Å². The standard InChI is InChI=1S/C10H10FNO3/c11-6-2-3-7(13)9-5(6)1-4-8(9)15-10(12)14/h2-3,8,13H,1,4H2,(H2,12,14). The normalized spacial score (nSPS) is 18.6. The molecule has 1 amide bonds. The number of rotatable bonds is 1. The first-order valence-corrected chi connectivity index (χ1v) is 4.56. The predicted molar refractivity (Wildman–Crippen MR) is 49.8 cm³/mol. The summed E-state index contributed by atoms with van der Waals surface area (Å²) in [6, 6.07) is 2.44. The third kappa shape index (κ3) is 1.60. The zero-order valence-corrected chi connectivity index (χ0v) is 7.87. The van der Waals surface area contributed by atoms with Gasteiger partial charge in [0.2, 0.25) is 0 Å². The minimum atomic E-state index is -0.920. The fourth-order valence-electron chi connectivity index (χ4n) is 1.92. The number of ether oxygens (including phenoxy) is 1. The number of hydrogen-bond acceptors (Lipinski definition) is 3. The maximum Gasteiger partial charge on any atom is 0.405 e. The van der Waals surface area contributed by atoms with Crippen LogP contribution >= 0.6 is 0 Å². The summed E-state index contributed by atoms with van der Waals surface area (Å²) in [5, 5.41) is 9.54. The van der Waals surface area contributed by atoms with Crippen LogP contribution in [0.2, 0.25) is 0 Å². The Labute approximate surface area is 85.5 Å². The summed E-state index contributed by atoms with van der Waals surface area (Å²) in [4.78, 5) is 10.6. The molecule has 3 N–H and O–H groups in total. The molecule has 80 valence electrons. The molecule has 0 spiro atoms. The van der Waals surface area contributed by atoms with Gasteiger partial charge in [-0.15, -0.1) is 0 Å². The van der Waals surface area contributed by atoms with Crippen LogP contribution in [0.15, 0.2) is 12.1 Å². The van der Waals surface area contributed by atoms with Crippen LogP contribution in [-0.4, -0.2) is 11.2 Å². The molecule has 0 aromatic heterocycles. The number of nitrogens with two attached hydrogens (primary N) is 1. The minimum Gasteiger partial charge on any atom is -0.508 e. The van der Waals surface area contributed by atoms with E-state index in [-0.39, 0.29) is 5.75 Å². The molecule has 0 saturated carbocycles. The molecule has 1 aromatic carbocycles. The number of amides is 1. The maximum atomic E-state index is 13.3. The average molecular weight is 211 g/mol. The summed E-state index contributed by atoms with van der Waals surface area (Å²) >= 11 is 0. The maximum absolute atomic E-state index is 13.3. The summed E-state index contributed by atoms with van der Waals surface area (Å²) in [7, 11) is 0. The first-order chi connectivity index (χ1) is 7.09. The molecule has 1 atom stereocenters. The molecule has 0 bridgehead atoms. The van der Waals surface area contributed by atoms with Crippen molar-refractivity contribution in [3.63, 3.8) is 0 Å². The smallest absolute Gasteiger partial charge is 0.405 e. The van der Waals surface area contributed by atoms with Crippen LogP contribution < -0.4 is 5.73 Å². The number of benzene rings is 1. The average Bonchev–Trinajstić information content (AvgIpc) is 2.56. The van der Waals surface area contributed by atoms with E-state index in [0.717, 1.165) is 0 Å². The van der Waals surface area contributed by atoms with Gasteiger partial charge in [0.15, 0.2) is 0 Å². The van der Waals surface area contributed by atoms with Gasteiger partial charge in [-0.1, -0.05) is 0 Å². The van der Waals surface area contributed by atoms with Crippen molar-refractivity contribution in [2.75, 3.05) is 0 Å². The summed E-state index contributed by atoms with van der Waals surface area (Å²) in [6.45, 7) is 0. The van der Waals surface area contributed by atoms with Gasteiger partial charge in [0.25, 0.3) is 0 Å². The topological polar surface area (TPSA) is 72.6 Å². The Balaban J connectivity index is 2.41. The van der Waals surface area contributed by atoms with E-state index < -0.39 is 18.0 Å². The van der Waals surface area contributed by atoms with Gasteiger partial charge in [-0.05, 0) is 30.5 Å². The van der Waals surface area contributed by atoms with Gasteiger partial charge in [0, 0.05) is 5.56 Å². The van der Waals surface area contributed by atoms with E-state index in [1.807, 2.05) is 0 Å². The van der Waals surface area contributed by atoms with E-state index >= 15 is 0 Å². The lowest BCUT2D eigenvalue weighted by Crippen LogP contribution is -2.16. The van der Waals surface area contributed by atoms with E-state index in [2.05, 4.69) is 0 Å². The quantitative estimate of drug-likeness (QED) is 0.741. The highest BCUT2D eigenvalue weighted by atomic mass is 19.1. The van der Waals surface area contributed by atoms with Crippen LogP contribution in [0.3, 0.4) is 0 Å². The first kappa shape index (κ1) is 9.76. The molecular weight excluding hydrogens is 201 g/mol. The van der Waals surface area contributed by atoms with Gasteiger partial charge < -0.3 is 15.6 Å². The first-order valence-electron chi connectivity index (χ1n) is 4.56. The number of phenolic OH excluding ortho intramolecular Hbond substituents is 1. The molecule has 1 unspecified atom stereocenters. The second-order valence-electron chi connectivity index (χ2n) is 3.42. The summed E-state index contributed by atoms with van der Waals surface area (Å²) in [6.07, 6.45) is -0.662. The highest BCUT2D eigenvalue weighted by molar-refractivity contribution is 5.65. The molecular formula is C10H10FNO3. The fraction of sp³-hybridized carbons (Fsp3) is 0.300. The Morgan fingerprint density at radius 3 is 3.00 bits per heavy atom. The summed E-state index contributed by atoms with van der Waals surface area (Å²) in [5.74, 6) is -0.450. The Morgan fingerprint density at radius 1 is 1.60 bits per heavy atom. The highest BCUT2D eigenvalue weighted by Gasteiger charge is 2.30. The van der Waals surface area contributed by atoms with Crippen molar-refractivity contribution in [2.24, 2.45) is 5.73 Å². The zero-order valence-electron chi connectivity index (χ0n) is 7.87. The lowest BCUT2D eigenvalue weighted by Gasteiger charge is -2.12. The van der Waals surface area contributed by atoms with Crippen LogP contribution in [0.1, 0.15) is 23.7 Å². The van der Waals surface area contributed by atoms with Crippen LogP contribution in [-0.2, 0) is 11.2 Å². The van der Waals surface area contributed by atoms with Crippen molar-refractivity contribution in [3.8, 4) is 5.75 Å². The van der Waals surface area contributed by atoms with Crippen molar-refractivity contribution in [1.29, 1.82) is 0 Å². The number of fused-ring (bicyclic) bond motifs is 1. The summed E-state index contributed by atoms with van der Waals surface area (Å²) < 4.78 is 18.1. The zero-order chi connectivity index (χ0) is 11.0. The number of halogens is 1. The van der Waals surface area contributed by atoms with E-state index in [4.69, 9.17) is 10.5 Å². The number of hydrogen-bond donors (Lipinski definition) is 2. The van der Waals surface area contributed by atoms with Crippen molar-refractivity contribution < 1.29 is 19.0 Å². The lowest BCUT2D eigenvalue weighted by molar-refractivity contribution is 0.106. The van der Waals surface area contributed by atoms with E-state index in [1.54, 1.807) is 0 Å². The number of aromatic hydroxyl groups is 1. The van der Waals surface area contributed by atoms with Gasteiger partial charge >= 0.3 is 6.09 Å². The molecule has 0 aliphatic heterocycles. The number of primary amides is 1. The monoisotopic (exact) mass is 211 g/mol. The molecule has 1 aromatic rings. The van der Waals surface area contributed by atoms with Crippen molar-refractivity contribution in [2.45, 2.75) is 18.9 Å². The molecule has 15 heavy (non-hydrogen) atoms. The van der Waals surface area contributed by atoms with Gasteiger partial charge in [-0.2, -0.15) is 0 Å².